The third-order valence-corrected chi connectivity index (χ3v) is 3.34. The van der Waals surface area contributed by atoms with Gasteiger partial charge in [0.1, 0.15) is 17.1 Å². The van der Waals surface area contributed by atoms with Crippen molar-refractivity contribution in [2.45, 2.75) is 0 Å². The summed E-state index contributed by atoms with van der Waals surface area (Å²) in [5.41, 5.74) is 1.24. The van der Waals surface area contributed by atoms with Crippen LogP contribution in [0.25, 0.3) is 11.0 Å². The van der Waals surface area contributed by atoms with Crippen molar-refractivity contribution in [2.75, 3.05) is 0 Å². The molecule has 0 saturated heterocycles. The molecule has 0 bridgehead atoms. The molecule has 1 aromatic carbocycles. The number of hydrogen-bond donors (Lipinski definition) is 3. The topological polar surface area (TPSA) is 86.2 Å². The van der Waals surface area contributed by atoms with Gasteiger partial charge in [0, 0.05) is 39.4 Å². The number of fused-ring (bicyclic) bond motifs is 1. The number of carbonyl (C=O) groups is 1. The average Bonchev–Trinajstić information content (AvgIpc) is 2.79. The zero-order valence-corrected chi connectivity index (χ0v) is 11.7. The van der Waals surface area contributed by atoms with E-state index in [9.17, 15) is 15.0 Å². The molecular formula is C14H9BrN2O3. The van der Waals surface area contributed by atoms with Gasteiger partial charge in [-0.15, -0.1) is 0 Å². The summed E-state index contributed by atoms with van der Waals surface area (Å²) in [6.07, 6.45) is 3.20. The predicted molar refractivity (Wildman–Crippen MR) is 77.0 cm³/mol. The minimum Gasteiger partial charge on any atom is -0.508 e. The van der Waals surface area contributed by atoms with Crippen LogP contribution >= 0.6 is 15.9 Å². The van der Waals surface area contributed by atoms with Gasteiger partial charge in [0.25, 0.3) is 0 Å². The van der Waals surface area contributed by atoms with Crippen LogP contribution in [0.5, 0.6) is 11.5 Å². The van der Waals surface area contributed by atoms with Gasteiger partial charge in [0.15, 0.2) is 5.78 Å². The van der Waals surface area contributed by atoms with Crippen molar-refractivity contribution < 1.29 is 15.0 Å². The SMILES string of the molecule is O=C(c1cc(O)cc(O)c1)c1c[nH]c2ncc(Br)cc12. The molecule has 0 saturated carbocycles. The fourth-order valence-corrected chi connectivity index (χ4v) is 2.38. The molecule has 2 aromatic heterocycles. The molecule has 0 aliphatic rings. The molecule has 0 aliphatic carbocycles. The maximum atomic E-state index is 12.5. The molecule has 0 aliphatic heterocycles. The number of nitrogens with one attached hydrogen (secondary N) is 1. The van der Waals surface area contributed by atoms with Gasteiger partial charge >= 0.3 is 0 Å². The number of nitrogens with zero attached hydrogens (tertiary/aromatic N) is 1. The van der Waals surface area contributed by atoms with Gasteiger partial charge in [-0.1, -0.05) is 0 Å². The van der Waals surface area contributed by atoms with Crippen molar-refractivity contribution in [1.82, 2.24) is 9.97 Å². The van der Waals surface area contributed by atoms with E-state index in [-0.39, 0.29) is 22.8 Å². The van der Waals surface area contributed by atoms with E-state index >= 15 is 0 Å². The van der Waals surface area contributed by atoms with Crippen LogP contribution in [0.2, 0.25) is 0 Å². The Balaban J connectivity index is 2.15. The molecule has 0 atom stereocenters. The lowest BCUT2D eigenvalue weighted by Crippen LogP contribution is -2.00. The monoisotopic (exact) mass is 332 g/mol. The molecule has 100 valence electrons. The summed E-state index contributed by atoms with van der Waals surface area (Å²) in [6, 6.07) is 5.58. The second-order valence-electron chi connectivity index (χ2n) is 4.32. The number of aromatic nitrogens is 2. The fraction of sp³-hybridized carbons (Fsp3) is 0. The van der Waals surface area contributed by atoms with Crippen molar-refractivity contribution in [2.24, 2.45) is 0 Å². The van der Waals surface area contributed by atoms with Crippen molar-refractivity contribution >= 4 is 32.7 Å². The summed E-state index contributed by atoms with van der Waals surface area (Å²) in [7, 11) is 0. The third-order valence-electron chi connectivity index (χ3n) is 2.91. The van der Waals surface area contributed by atoms with Gasteiger partial charge < -0.3 is 15.2 Å². The van der Waals surface area contributed by atoms with Crippen molar-refractivity contribution in [3.63, 3.8) is 0 Å². The molecule has 3 aromatic rings. The first-order valence-corrected chi connectivity index (χ1v) is 6.54. The number of H-pyrrole nitrogens is 1. The number of benzene rings is 1. The molecule has 5 nitrogen and oxygen atoms in total. The Morgan fingerprint density at radius 2 is 1.85 bits per heavy atom. The number of rotatable bonds is 2. The Morgan fingerprint density at radius 1 is 1.15 bits per heavy atom. The minimum atomic E-state index is -0.303. The molecule has 0 amide bonds. The highest BCUT2D eigenvalue weighted by molar-refractivity contribution is 9.10. The second-order valence-corrected chi connectivity index (χ2v) is 5.23. The Kier molecular flexibility index (Phi) is 2.94. The van der Waals surface area contributed by atoms with Crippen LogP contribution in [0, 0.1) is 0 Å². The molecule has 6 heteroatoms. The van der Waals surface area contributed by atoms with Gasteiger partial charge in [-0.3, -0.25) is 4.79 Å². The number of carbonyl (C=O) groups excluding carboxylic acids is 1. The average molecular weight is 333 g/mol. The molecule has 0 fully saturated rings. The number of aromatic amines is 1. The molecule has 20 heavy (non-hydrogen) atoms. The first-order chi connectivity index (χ1) is 9.54. The quantitative estimate of drug-likeness (QED) is 0.629. The number of hydrogen-bond acceptors (Lipinski definition) is 4. The maximum absolute atomic E-state index is 12.5. The van der Waals surface area contributed by atoms with Gasteiger partial charge in [0.05, 0.1) is 0 Å². The number of aromatic hydroxyl groups is 2. The second kappa shape index (κ2) is 4.64. The smallest absolute Gasteiger partial charge is 0.195 e. The largest absolute Gasteiger partial charge is 0.508 e. The Hall–Kier alpha value is -2.34. The van der Waals surface area contributed by atoms with Crippen LogP contribution in [-0.4, -0.2) is 26.0 Å². The summed E-state index contributed by atoms with van der Waals surface area (Å²) in [5.74, 6) is -0.623. The summed E-state index contributed by atoms with van der Waals surface area (Å²) in [4.78, 5) is 19.5. The van der Waals surface area contributed by atoms with E-state index in [4.69, 9.17) is 0 Å². The van der Waals surface area contributed by atoms with Crippen LogP contribution in [0.1, 0.15) is 15.9 Å². The maximum Gasteiger partial charge on any atom is 0.195 e. The molecule has 0 unspecified atom stereocenters. The van der Waals surface area contributed by atoms with Gasteiger partial charge in [-0.2, -0.15) is 0 Å². The van der Waals surface area contributed by atoms with Crippen LogP contribution < -0.4 is 0 Å². The van der Waals surface area contributed by atoms with Crippen LogP contribution in [0.3, 0.4) is 0 Å². The number of halogens is 1. The Labute approximate surface area is 122 Å². The number of phenols is 2. The highest BCUT2D eigenvalue weighted by Crippen LogP contribution is 2.26. The normalized spacial score (nSPS) is 10.8. The number of phenolic OH excluding ortho intramolecular Hbond substituents is 2. The van der Waals surface area contributed by atoms with E-state index in [0.29, 0.717) is 16.6 Å². The summed E-state index contributed by atoms with van der Waals surface area (Å²) in [6.45, 7) is 0. The van der Waals surface area contributed by atoms with Crippen LogP contribution in [0.4, 0.5) is 0 Å². The zero-order valence-electron chi connectivity index (χ0n) is 10.1. The van der Waals surface area contributed by atoms with Gasteiger partial charge in [-0.05, 0) is 34.1 Å². The molecule has 3 rings (SSSR count). The van der Waals surface area contributed by atoms with E-state index in [1.165, 1.54) is 18.2 Å². The molecule has 2 heterocycles. The minimum absolute atomic E-state index is 0.160. The lowest BCUT2D eigenvalue weighted by Gasteiger charge is -2.02. The summed E-state index contributed by atoms with van der Waals surface area (Å²) in [5, 5.41) is 19.6. The van der Waals surface area contributed by atoms with E-state index < -0.39 is 0 Å². The highest BCUT2D eigenvalue weighted by atomic mass is 79.9. The van der Waals surface area contributed by atoms with Gasteiger partial charge in [-0.25, -0.2) is 4.98 Å². The molecule has 0 spiro atoms. The number of pyridine rings is 1. The predicted octanol–water partition coefficient (Wildman–Crippen LogP) is 2.97. The molecular weight excluding hydrogens is 324 g/mol. The van der Waals surface area contributed by atoms with Crippen molar-refractivity contribution in [3.8, 4) is 11.5 Å². The van der Waals surface area contributed by atoms with Crippen molar-refractivity contribution in [1.29, 1.82) is 0 Å². The van der Waals surface area contributed by atoms with E-state index in [0.717, 1.165) is 4.47 Å². The van der Waals surface area contributed by atoms with E-state index in [1.54, 1.807) is 18.5 Å². The standard InChI is InChI=1S/C14H9BrN2O3/c15-8-3-11-12(6-17-14(11)16-5-8)13(20)7-1-9(18)4-10(19)2-7/h1-6,18-19H,(H,16,17). The lowest BCUT2D eigenvalue weighted by molar-refractivity contribution is 0.103. The van der Waals surface area contributed by atoms with Crippen LogP contribution in [-0.2, 0) is 0 Å². The third kappa shape index (κ3) is 2.14. The van der Waals surface area contributed by atoms with E-state index in [2.05, 4.69) is 25.9 Å². The first-order valence-electron chi connectivity index (χ1n) is 5.75. The Bertz CT molecular complexity index is 806. The highest BCUT2D eigenvalue weighted by Gasteiger charge is 2.16. The molecule has 3 N–H and O–H groups in total. The zero-order chi connectivity index (χ0) is 14.3. The molecule has 0 radical (unpaired) electrons. The van der Waals surface area contributed by atoms with Crippen LogP contribution in [0.15, 0.2) is 41.1 Å². The van der Waals surface area contributed by atoms with E-state index in [1.807, 2.05) is 0 Å². The first kappa shape index (κ1) is 12.7. The number of ketones is 1. The summed E-state index contributed by atoms with van der Waals surface area (Å²) >= 11 is 3.31. The Morgan fingerprint density at radius 3 is 2.55 bits per heavy atom. The van der Waals surface area contributed by atoms with Gasteiger partial charge in [0.2, 0.25) is 0 Å². The summed E-state index contributed by atoms with van der Waals surface area (Å²) < 4.78 is 0.761. The lowest BCUT2D eigenvalue weighted by atomic mass is 10.0. The fourth-order valence-electron chi connectivity index (χ4n) is 2.05. The van der Waals surface area contributed by atoms with Crippen molar-refractivity contribution in [3.05, 3.63) is 52.3 Å².